The molecule has 0 amide bonds. The number of hydrogen-bond acceptors (Lipinski definition) is 2. The maximum absolute atomic E-state index is 11.9. The smallest absolute Gasteiger partial charge is 0.142 e. The Hall–Kier alpha value is -1.32. The topological polar surface area (TPSA) is 44.9 Å². The molecule has 1 unspecified atom stereocenters. The van der Waals surface area contributed by atoms with E-state index in [4.69, 9.17) is 11.6 Å². The van der Waals surface area contributed by atoms with E-state index in [-0.39, 0.29) is 5.92 Å². The van der Waals surface area contributed by atoms with Crippen LogP contribution in [0.15, 0.2) is 24.4 Å². The zero-order valence-electron chi connectivity index (χ0n) is 9.29. The van der Waals surface area contributed by atoms with Gasteiger partial charge in [-0.2, -0.15) is 0 Å². The molecule has 1 aromatic carbocycles. The van der Waals surface area contributed by atoms with Crippen LogP contribution in [0.1, 0.15) is 17.9 Å². The fourth-order valence-electron chi connectivity index (χ4n) is 2.40. The molecule has 2 N–H and O–H groups in total. The maximum Gasteiger partial charge on any atom is 0.142 e. The molecule has 1 aliphatic heterocycles. The van der Waals surface area contributed by atoms with Gasteiger partial charge in [0, 0.05) is 31.1 Å². The summed E-state index contributed by atoms with van der Waals surface area (Å²) >= 11 is 6.21. The summed E-state index contributed by atoms with van der Waals surface area (Å²) in [4.78, 5) is 15.0. The Bertz CT molecular complexity index is 576. The number of nitrogens with one attached hydrogen (secondary N) is 2. The van der Waals surface area contributed by atoms with E-state index in [0.29, 0.717) is 23.8 Å². The molecule has 2 heterocycles. The Morgan fingerprint density at radius 1 is 1.35 bits per heavy atom. The van der Waals surface area contributed by atoms with Gasteiger partial charge in [0.2, 0.25) is 0 Å². The van der Waals surface area contributed by atoms with Gasteiger partial charge in [-0.05, 0) is 23.8 Å². The van der Waals surface area contributed by atoms with Gasteiger partial charge >= 0.3 is 0 Å². The van der Waals surface area contributed by atoms with Crippen LogP contribution in [0.25, 0.3) is 10.9 Å². The van der Waals surface area contributed by atoms with Crippen LogP contribution in [0.5, 0.6) is 0 Å². The lowest BCUT2D eigenvalue weighted by atomic mass is 9.90. The first-order valence-corrected chi connectivity index (χ1v) is 6.13. The number of aromatic nitrogens is 1. The van der Waals surface area contributed by atoms with Crippen LogP contribution in [-0.4, -0.2) is 23.9 Å². The minimum Gasteiger partial charge on any atom is -0.360 e. The highest BCUT2D eigenvalue weighted by Crippen LogP contribution is 2.29. The zero-order chi connectivity index (χ0) is 11.8. The number of piperidine rings is 1. The van der Waals surface area contributed by atoms with Gasteiger partial charge in [-0.25, -0.2) is 0 Å². The molecule has 0 bridgehead atoms. The van der Waals surface area contributed by atoms with Crippen molar-refractivity contribution in [1.82, 2.24) is 10.3 Å². The third kappa shape index (κ3) is 1.85. The lowest BCUT2D eigenvalue weighted by Gasteiger charge is -2.22. The Kier molecular flexibility index (Phi) is 2.65. The Balaban J connectivity index is 2.07. The van der Waals surface area contributed by atoms with E-state index in [0.717, 1.165) is 23.0 Å². The van der Waals surface area contributed by atoms with Gasteiger partial charge in [0.1, 0.15) is 5.78 Å². The quantitative estimate of drug-likeness (QED) is 0.814. The Morgan fingerprint density at radius 3 is 3.06 bits per heavy atom. The predicted molar refractivity (Wildman–Crippen MR) is 68.5 cm³/mol. The van der Waals surface area contributed by atoms with Crippen LogP contribution < -0.4 is 5.32 Å². The third-order valence-electron chi connectivity index (χ3n) is 3.32. The molecule has 3 rings (SSSR count). The fourth-order valence-corrected chi connectivity index (χ4v) is 2.69. The predicted octanol–water partition coefficient (Wildman–Crippen LogP) is 2.47. The first-order chi connectivity index (χ1) is 8.25. The van der Waals surface area contributed by atoms with Gasteiger partial charge < -0.3 is 10.3 Å². The minimum atomic E-state index is -0.0550. The summed E-state index contributed by atoms with van der Waals surface area (Å²) < 4.78 is 0. The average Bonchev–Trinajstić information content (AvgIpc) is 2.78. The molecule has 0 spiro atoms. The molecule has 3 nitrogen and oxygen atoms in total. The summed E-state index contributed by atoms with van der Waals surface area (Å²) in [7, 11) is 0. The number of aromatic amines is 1. The lowest BCUT2D eigenvalue weighted by molar-refractivity contribution is -0.121. The van der Waals surface area contributed by atoms with Crippen LogP contribution in [0, 0.1) is 0 Å². The van der Waals surface area contributed by atoms with Crippen molar-refractivity contribution in [2.24, 2.45) is 0 Å². The molecule has 2 aromatic rings. The van der Waals surface area contributed by atoms with E-state index in [1.165, 1.54) is 0 Å². The van der Waals surface area contributed by atoms with Crippen LogP contribution in [-0.2, 0) is 4.79 Å². The SMILES string of the molecule is O=C1CCNCC1c1cc(Cl)c2[nH]ccc2c1. The summed E-state index contributed by atoms with van der Waals surface area (Å²) in [5.41, 5.74) is 1.95. The van der Waals surface area contributed by atoms with Crippen molar-refractivity contribution in [3.8, 4) is 0 Å². The number of rotatable bonds is 1. The molecule has 0 aliphatic carbocycles. The van der Waals surface area contributed by atoms with Crippen LogP contribution in [0.3, 0.4) is 0 Å². The van der Waals surface area contributed by atoms with Gasteiger partial charge in [0.05, 0.1) is 16.5 Å². The Labute approximate surface area is 104 Å². The van der Waals surface area contributed by atoms with Crippen molar-refractivity contribution >= 4 is 28.3 Å². The molecule has 1 saturated heterocycles. The largest absolute Gasteiger partial charge is 0.360 e. The van der Waals surface area contributed by atoms with Crippen molar-refractivity contribution in [3.05, 3.63) is 35.0 Å². The Morgan fingerprint density at radius 2 is 2.24 bits per heavy atom. The molecular weight excluding hydrogens is 236 g/mol. The number of halogens is 1. The van der Waals surface area contributed by atoms with Crippen molar-refractivity contribution in [2.75, 3.05) is 13.1 Å². The van der Waals surface area contributed by atoms with Gasteiger partial charge in [-0.1, -0.05) is 11.6 Å². The van der Waals surface area contributed by atoms with E-state index in [1.54, 1.807) is 0 Å². The van der Waals surface area contributed by atoms with Gasteiger partial charge in [-0.3, -0.25) is 4.79 Å². The number of ketones is 1. The second-order valence-corrected chi connectivity index (χ2v) is 4.82. The van der Waals surface area contributed by atoms with E-state index < -0.39 is 0 Å². The summed E-state index contributed by atoms with van der Waals surface area (Å²) in [6, 6.07) is 5.93. The number of hydrogen-bond donors (Lipinski definition) is 2. The maximum atomic E-state index is 11.9. The van der Waals surface area contributed by atoms with Gasteiger partial charge in [0.25, 0.3) is 0 Å². The normalized spacial score (nSPS) is 21.0. The first-order valence-electron chi connectivity index (χ1n) is 5.75. The summed E-state index contributed by atoms with van der Waals surface area (Å²) in [5.74, 6) is 0.246. The fraction of sp³-hybridized carbons (Fsp3) is 0.308. The number of Topliss-reactive ketones (excluding diaryl/α,β-unsaturated/α-hetero) is 1. The molecule has 1 aromatic heterocycles. The summed E-state index contributed by atoms with van der Waals surface area (Å²) in [5, 5.41) is 5.00. The number of carbonyl (C=O) groups excluding carboxylic acids is 1. The van der Waals surface area contributed by atoms with E-state index in [9.17, 15) is 4.79 Å². The van der Waals surface area contributed by atoms with Crippen molar-refractivity contribution < 1.29 is 4.79 Å². The van der Waals surface area contributed by atoms with Gasteiger partial charge in [-0.15, -0.1) is 0 Å². The monoisotopic (exact) mass is 248 g/mol. The van der Waals surface area contributed by atoms with Crippen molar-refractivity contribution in [2.45, 2.75) is 12.3 Å². The van der Waals surface area contributed by atoms with E-state index >= 15 is 0 Å². The number of carbonyl (C=O) groups is 1. The second kappa shape index (κ2) is 4.17. The second-order valence-electron chi connectivity index (χ2n) is 4.42. The summed E-state index contributed by atoms with van der Waals surface area (Å²) in [6.07, 6.45) is 2.47. The minimum absolute atomic E-state index is 0.0550. The highest BCUT2D eigenvalue weighted by molar-refractivity contribution is 6.35. The average molecular weight is 249 g/mol. The molecule has 0 radical (unpaired) electrons. The lowest BCUT2D eigenvalue weighted by Crippen LogP contribution is -2.35. The molecule has 17 heavy (non-hydrogen) atoms. The van der Waals surface area contributed by atoms with E-state index in [2.05, 4.69) is 10.3 Å². The molecule has 4 heteroatoms. The van der Waals surface area contributed by atoms with Crippen LogP contribution >= 0.6 is 11.6 Å². The number of fused-ring (bicyclic) bond motifs is 1. The molecular formula is C13H13ClN2O. The summed E-state index contributed by atoms with van der Waals surface area (Å²) in [6.45, 7) is 1.50. The molecule has 1 fully saturated rings. The third-order valence-corrected chi connectivity index (χ3v) is 3.62. The number of H-pyrrole nitrogens is 1. The van der Waals surface area contributed by atoms with Crippen molar-refractivity contribution in [3.63, 3.8) is 0 Å². The standard InChI is InChI=1S/C13H13ClN2O/c14-11-6-9(5-8-1-4-16-13(8)11)10-7-15-3-2-12(10)17/h1,4-6,10,15-16H,2-3,7H2. The molecule has 0 saturated carbocycles. The van der Waals surface area contributed by atoms with Crippen LogP contribution in [0.2, 0.25) is 5.02 Å². The van der Waals surface area contributed by atoms with Crippen LogP contribution in [0.4, 0.5) is 0 Å². The highest BCUT2D eigenvalue weighted by atomic mass is 35.5. The van der Waals surface area contributed by atoms with Crippen molar-refractivity contribution in [1.29, 1.82) is 0 Å². The molecule has 88 valence electrons. The molecule has 1 atom stereocenters. The van der Waals surface area contributed by atoms with E-state index in [1.807, 2.05) is 24.4 Å². The first kappa shape index (κ1) is 10.8. The highest BCUT2D eigenvalue weighted by Gasteiger charge is 2.24. The molecule has 1 aliphatic rings. The van der Waals surface area contributed by atoms with Gasteiger partial charge in [0.15, 0.2) is 0 Å². The zero-order valence-corrected chi connectivity index (χ0v) is 10.1. The number of benzene rings is 1.